The molecule has 1 aliphatic carbocycles. The lowest BCUT2D eigenvalue weighted by Crippen LogP contribution is -2.38. The van der Waals surface area contributed by atoms with Gasteiger partial charge in [0.05, 0.1) is 12.5 Å². The summed E-state index contributed by atoms with van der Waals surface area (Å²) in [5, 5.41) is 18.9. The number of aliphatic hydroxyl groups excluding tert-OH is 2. The highest BCUT2D eigenvalue weighted by atomic mass is 19.3. The summed E-state index contributed by atoms with van der Waals surface area (Å²) < 4.78 is 32.8. The predicted molar refractivity (Wildman–Crippen MR) is 57.3 cm³/mol. The fraction of sp³-hybridized carbons (Fsp3) is 0.600. The van der Waals surface area contributed by atoms with Crippen molar-refractivity contribution in [1.29, 1.82) is 0 Å². The lowest BCUT2D eigenvalue weighted by Gasteiger charge is -2.23. The van der Waals surface area contributed by atoms with E-state index in [4.69, 9.17) is 15.6 Å². The number of halogens is 2. The summed E-state index contributed by atoms with van der Waals surface area (Å²) in [5.41, 5.74) is 2.37. The van der Waals surface area contributed by atoms with Gasteiger partial charge in [-0.2, -0.15) is 4.98 Å². The molecule has 7 nitrogen and oxygen atoms in total. The van der Waals surface area contributed by atoms with Gasteiger partial charge in [0.25, 0.3) is 5.92 Å². The molecule has 19 heavy (non-hydrogen) atoms. The smallest absolute Gasteiger partial charge is 0.351 e. The molecule has 2 heterocycles. The van der Waals surface area contributed by atoms with Gasteiger partial charge in [0.2, 0.25) is 0 Å². The highest BCUT2D eigenvalue weighted by Crippen LogP contribution is 2.69. The van der Waals surface area contributed by atoms with E-state index < -0.39 is 42.1 Å². The minimum atomic E-state index is -3.30. The SMILES string of the molecule is Nc1ccn([C@@H]2O[C@@]3(CO)[C@@H]([C@H]2O)C3(F)F)c(=O)n1. The third kappa shape index (κ3) is 1.34. The zero-order valence-corrected chi connectivity index (χ0v) is 9.53. The van der Waals surface area contributed by atoms with E-state index >= 15 is 0 Å². The molecule has 9 heteroatoms. The van der Waals surface area contributed by atoms with E-state index in [9.17, 15) is 18.7 Å². The maximum atomic E-state index is 13.4. The first-order chi connectivity index (χ1) is 8.85. The Kier molecular flexibility index (Phi) is 2.29. The van der Waals surface area contributed by atoms with Crippen molar-refractivity contribution < 1.29 is 23.7 Å². The Morgan fingerprint density at radius 3 is 2.79 bits per heavy atom. The monoisotopic (exact) mass is 275 g/mol. The predicted octanol–water partition coefficient (Wildman–Crippen LogP) is -1.29. The van der Waals surface area contributed by atoms with E-state index in [-0.39, 0.29) is 5.82 Å². The lowest BCUT2D eigenvalue weighted by atomic mass is 10.2. The minimum Gasteiger partial charge on any atom is -0.393 e. The van der Waals surface area contributed by atoms with Gasteiger partial charge < -0.3 is 20.7 Å². The zero-order chi connectivity index (χ0) is 14.0. The fourth-order valence-corrected chi connectivity index (χ4v) is 2.63. The Balaban J connectivity index is 1.96. The van der Waals surface area contributed by atoms with E-state index in [1.807, 2.05) is 0 Å². The van der Waals surface area contributed by atoms with E-state index in [1.165, 1.54) is 12.3 Å². The van der Waals surface area contributed by atoms with E-state index in [1.54, 1.807) is 0 Å². The average Bonchev–Trinajstić information content (AvgIpc) is 2.64. The Hall–Kier alpha value is -1.58. The van der Waals surface area contributed by atoms with Gasteiger partial charge in [0.1, 0.15) is 11.9 Å². The van der Waals surface area contributed by atoms with Crippen LogP contribution in [0.25, 0.3) is 0 Å². The van der Waals surface area contributed by atoms with Crippen LogP contribution in [0.4, 0.5) is 14.6 Å². The molecule has 2 aliphatic rings. The summed E-state index contributed by atoms with van der Waals surface area (Å²) >= 11 is 0. The lowest BCUT2D eigenvalue weighted by molar-refractivity contribution is -0.158. The van der Waals surface area contributed by atoms with Crippen LogP contribution >= 0.6 is 0 Å². The number of hydrogen-bond donors (Lipinski definition) is 3. The van der Waals surface area contributed by atoms with Gasteiger partial charge in [-0.15, -0.1) is 0 Å². The number of aliphatic hydroxyl groups is 2. The van der Waals surface area contributed by atoms with Crippen LogP contribution in [0.1, 0.15) is 6.23 Å². The Bertz CT molecular complexity index is 592. The molecule has 1 aromatic heterocycles. The van der Waals surface area contributed by atoms with Crippen LogP contribution in [0.2, 0.25) is 0 Å². The summed E-state index contributed by atoms with van der Waals surface area (Å²) in [6, 6.07) is 1.28. The number of ether oxygens (including phenoxy) is 1. The first-order valence-corrected chi connectivity index (χ1v) is 5.54. The van der Waals surface area contributed by atoms with Gasteiger partial charge >= 0.3 is 5.69 Å². The zero-order valence-electron chi connectivity index (χ0n) is 9.53. The van der Waals surface area contributed by atoms with E-state index in [2.05, 4.69) is 4.98 Å². The molecule has 4 atom stereocenters. The first kappa shape index (κ1) is 12.5. The maximum Gasteiger partial charge on any atom is 0.351 e. The van der Waals surface area contributed by atoms with Crippen LogP contribution in [0.3, 0.4) is 0 Å². The molecule has 2 fully saturated rings. The number of nitrogen functional groups attached to an aromatic ring is 1. The van der Waals surface area contributed by atoms with Crippen LogP contribution in [0.15, 0.2) is 17.1 Å². The van der Waals surface area contributed by atoms with Crippen molar-refractivity contribution in [3.05, 3.63) is 22.7 Å². The van der Waals surface area contributed by atoms with Crippen LogP contribution in [0.5, 0.6) is 0 Å². The molecular weight excluding hydrogens is 264 g/mol. The first-order valence-electron chi connectivity index (χ1n) is 5.54. The molecule has 1 saturated heterocycles. The standard InChI is InChI=1S/C10H11F2N3O4/c11-10(12)6-5(17)7(19-9(6,10)3-16)15-2-1-4(13)14-8(15)18/h1-2,5-7,16-17H,3H2,(H2,13,14,18)/t5-,6-,7-,9+/m1/s1. The molecule has 1 aromatic rings. The fourth-order valence-electron chi connectivity index (χ4n) is 2.63. The number of anilines is 1. The summed E-state index contributed by atoms with van der Waals surface area (Å²) in [6.45, 7) is -0.935. The molecule has 1 aliphatic heterocycles. The van der Waals surface area contributed by atoms with Gasteiger partial charge in [0, 0.05) is 6.20 Å². The topological polar surface area (TPSA) is 111 Å². The van der Waals surface area contributed by atoms with Gasteiger partial charge in [-0.1, -0.05) is 0 Å². The van der Waals surface area contributed by atoms with Crippen LogP contribution in [-0.4, -0.2) is 44.0 Å². The van der Waals surface area contributed by atoms with Crippen molar-refractivity contribution in [2.24, 2.45) is 5.92 Å². The second-order valence-corrected chi connectivity index (χ2v) is 4.69. The molecule has 0 bridgehead atoms. The minimum absolute atomic E-state index is 0.0268. The van der Waals surface area contributed by atoms with E-state index in [0.717, 1.165) is 4.57 Å². The third-order valence-electron chi connectivity index (χ3n) is 3.70. The maximum absolute atomic E-state index is 13.4. The molecule has 3 rings (SSSR count). The number of rotatable bonds is 2. The van der Waals surface area contributed by atoms with Crippen molar-refractivity contribution in [1.82, 2.24) is 9.55 Å². The summed E-state index contributed by atoms with van der Waals surface area (Å²) in [5.74, 6) is -4.86. The Morgan fingerprint density at radius 1 is 1.58 bits per heavy atom. The molecule has 0 unspecified atom stereocenters. The second kappa shape index (κ2) is 3.50. The molecule has 0 aromatic carbocycles. The van der Waals surface area contributed by atoms with Crippen LogP contribution in [0, 0.1) is 5.92 Å². The number of hydrogen-bond acceptors (Lipinski definition) is 6. The molecule has 0 spiro atoms. The van der Waals surface area contributed by atoms with Crippen molar-refractivity contribution in [2.75, 3.05) is 12.3 Å². The summed E-state index contributed by atoms with van der Waals surface area (Å²) in [6.07, 6.45) is -1.71. The second-order valence-electron chi connectivity index (χ2n) is 4.69. The molecule has 0 amide bonds. The Labute approximate surface area is 105 Å². The van der Waals surface area contributed by atoms with Gasteiger partial charge in [-0.3, -0.25) is 4.57 Å². The Morgan fingerprint density at radius 2 is 2.26 bits per heavy atom. The largest absolute Gasteiger partial charge is 0.393 e. The number of nitrogens with two attached hydrogens (primary N) is 1. The normalized spacial score (nSPS) is 39.1. The summed E-state index contributed by atoms with van der Waals surface area (Å²) in [4.78, 5) is 15.0. The van der Waals surface area contributed by atoms with Crippen molar-refractivity contribution >= 4 is 5.82 Å². The van der Waals surface area contributed by atoms with Gasteiger partial charge in [-0.05, 0) is 6.07 Å². The highest BCUT2D eigenvalue weighted by Gasteiger charge is 2.89. The molecular formula is C10H11F2N3O4. The quantitative estimate of drug-likeness (QED) is 0.619. The van der Waals surface area contributed by atoms with Crippen LogP contribution in [-0.2, 0) is 4.74 Å². The number of aromatic nitrogens is 2. The van der Waals surface area contributed by atoms with Crippen molar-refractivity contribution in [2.45, 2.75) is 23.9 Å². The molecule has 104 valence electrons. The van der Waals surface area contributed by atoms with Crippen molar-refractivity contribution in [3.63, 3.8) is 0 Å². The van der Waals surface area contributed by atoms with E-state index in [0.29, 0.717) is 0 Å². The molecule has 4 N–H and O–H groups in total. The molecule has 0 radical (unpaired) electrons. The average molecular weight is 275 g/mol. The van der Waals surface area contributed by atoms with Crippen molar-refractivity contribution in [3.8, 4) is 0 Å². The summed E-state index contributed by atoms with van der Waals surface area (Å²) in [7, 11) is 0. The third-order valence-corrected chi connectivity index (χ3v) is 3.70. The van der Waals surface area contributed by atoms with Gasteiger partial charge in [-0.25, -0.2) is 13.6 Å². The van der Waals surface area contributed by atoms with Crippen LogP contribution < -0.4 is 11.4 Å². The number of fused-ring (bicyclic) bond motifs is 1. The number of nitrogens with zero attached hydrogens (tertiary/aromatic N) is 2. The number of alkyl halides is 2. The van der Waals surface area contributed by atoms with Gasteiger partial charge in [0.15, 0.2) is 11.8 Å². The molecule has 1 saturated carbocycles. The highest BCUT2D eigenvalue weighted by molar-refractivity contribution is 5.29.